The molecule has 4 bridgehead atoms. The van der Waals surface area contributed by atoms with Crippen LogP contribution in [0.1, 0.15) is 44.9 Å². The van der Waals surface area contributed by atoms with Gasteiger partial charge in [0, 0.05) is 5.54 Å². The third kappa shape index (κ3) is 1.37. The molecule has 5 aliphatic rings. The number of amides is 1. The number of carbonyl (C=O) groups excluding carboxylic acids is 1. The van der Waals surface area contributed by atoms with Crippen LogP contribution < -0.4 is 5.73 Å². The van der Waals surface area contributed by atoms with E-state index in [9.17, 15) is 4.79 Å². The smallest absolute Gasteiger partial charge is 0.231 e. The van der Waals surface area contributed by atoms with Crippen LogP contribution >= 0.6 is 0 Å². The Hall–Kier alpha value is -0.570. The lowest BCUT2D eigenvalue weighted by atomic mass is 9.48. The van der Waals surface area contributed by atoms with Crippen molar-refractivity contribution in [1.29, 1.82) is 0 Å². The predicted octanol–water partition coefficient (Wildman–Crippen LogP) is 1.76. The van der Waals surface area contributed by atoms with E-state index in [0.29, 0.717) is 12.1 Å². The van der Waals surface area contributed by atoms with E-state index in [4.69, 9.17) is 5.73 Å². The van der Waals surface area contributed by atoms with Crippen molar-refractivity contribution >= 4 is 5.91 Å². The standard InChI is InChI=1S/C15H24N2O/c16-14(18)9-17-3-1-2-15(17)12-5-10-4-11(7-12)8-13(15)6-10/h10-13H,1-9H2,(H2,16,18). The quantitative estimate of drug-likeness (QED) is 0.809. The van der Waals surface area contributed by atoms with Gasteiger partial charge in [0.2, 0.25) is 5.91 Å². The van der Waals surface area contributed by atoms with Crippen LogP contribution in [0.4, 0.5) is 0 Å². The summed E-state index contributed by atoms with van der Waals surface area (Å²) in [6.07, 6.45) is 9.83. The van der Waals surface area contributed by atoms with Crippen molar-refractivity contribution in [2.45, 2.75) is 50.5 Å². The molecule has 1 amide bonds. The molecule has 1 heterocycles. The highest BCUT2D eigenvalue weighted by Gasteiger charge is 2.60. The molecule has 3 nitrogen and oxygen atoms in total. The molecule has 2 N–H and O–H groups in total. The molecule has 0 atom stereocenters. The fourth-order valence-electron chi connectivity index (χ4n) is 6.26. The minimum absolute atomic E-state index is 0.134. The van der Waals surface area contributed by atoms with Crippen LogP contribution in [-0.4, -0.2) is 29.4 Å². The van der Waals surface area contributed by atoms with E-state index in [1.54, 1.807) is 0 Å². The first-order chi connectivity index (χ1) is 8.68. The lowest BCUT2D eigenvalue weighted by molar-refractivity contribution is -0.134. The van der Waals surface area contributed by atoms with Gasteiger partial charge in [-0.25, -0.2) is 0 Å². The van der Waals surface area contributed by atoms with Crippen LogP contribution in [0.5, 0.6) is 0 Å². The number of carbonyl (C=O) groups is 1. The number of hydrogen-bond acceptors (Lipinski definition) is 2. The highest BCUT2D eigenvalue weighted by molar-refractivity contribution is 5.76. The van der Waals surface area contributed by atoms with E-state index >= 15 is 0 Å². The molecular formula is C15H24N2O. The third-order valence-electron chi connectivity index (χ3n) is 6.49. The first-order valence-corrected chi connectivity index (χ1v) is 7.72. The van der Waals surface area contributed by atoms with Crippen LogP contribution in [0.2, 0.25) is 0 Å². The van der Waals surface area contributed by atoms with Gasteiger partial charge in [0.05, 0.1) is 6.54 Å². The van der Waals surface area contributed by atoms with E-state index < -0.39 is 0 Å². The predicted molar refractivity (Wildman–Crippen MR) is 69.8 cm³/mol. The van der Waals surface area contributed by atoms with Crippen LogP contribution in [-0.2, 0) is 4.79 Å². The second kappa shape index (κ2) is 3.72. The van der Waals surface area contributed by atoms with Crippen molar-refractivity contribution < 1.29 is 4.79 Å². The first kappa shape index (κ1) is 11.3. The Labute approximate surface area is 109 Å². The van der Waals surface area contributed by atoms with Gasteiger partial charge in [0.25, 0.3) is 0 Å². The van der Waals surface area contributed by atoms with Gasteiger partial charge in [0.1, 0.15) is 0 Å². The van der Waals surface area contributed by atoms with E-state index in [-0.39, 0.29) is 5.91 Å². The summed E-state index contributed by atoms with van der Waals surface area (Å²) < 4.78 is 0. The zero-order valence-electron chi connectivity index (χ0n) is 11.1. The zero-order valence-corrected chi connectivity index (χ0v) is 11.1. The summed E-state index contributed by atoms with van der Waals surface area (Å²) in [6, 6.07) is 0. The van der Waals surface area contributed by atoms with Gasteiger partial charge in [0.15, 0.2) is 0 Å². The molecule has 0 radical (unpaired) electrons. The molecule has 4 saturated carbocycles. The summed E-state index contributed by atoms with van der Waals surface area (Å²) in [4.78, 5) is 13.8. The van der Waals surface area contributed by atoms with Gasteiger partial charge in [-0.1, -0.05) is 0 Å². The fraction of sp³-hybridized carbons (Fsp3) is 0.933. The van der Waals surface area contributed by atoms with Gasteiger partial charge in [-0.15, -0.1) is 0 Å². The van der Waals surface area contributed by atoms with Gasteiger partial charge < -0.3 is 5.73 Å². The Morgan fingerprint density at radius 3 is 2.28 bits per heavy atom. The largest absolute Gasteiger partial charge is 0.369 e. The third-order valence-corrected chi connectivity index (χ3v) is 6.49. The second-order valence-corrected chi connectivity index (χ2v) is 7.29. The van der Waals surface area contributed by atoms with Gasteiger partial charge in [-0.05, 0) is 75.2 Å². The van der Waals surface area contributed by atoms with Crippen LogP contribution in [0.3, 0.4) is 0 Å². The summed E-state index contributed by atoms with van der Waals surface area (Å²) in [6.45, 7) is 1.60. The number of nitrogens with zero attached hydrogens (tertiary/aromatic N) is 1. The maximum atomic E-state index is 11.4. The average molecular weight is 248 g/mol. The molecule has 18 heavy (non-hydrogen) atoms. The highest BCUT2D eigenvalue weighted by Crippen LogP contribution is 2.62. The summed E-state index contributed by atoms with van der Waals surface area (Å²) in [5, 5.41) is 0. The van der Waals surface area contributed by atoms with Crippen molar-refractivity contribution in [3.63, 3.8) is 0 Å². The zero-order chi connectivity index (χ0) is 12.3. The van der Waals surface area contributed by atoms with Crippen LogP contribution in [0.25, 0.3) is 0 Å². The minimum atomic E-state index is -0.134. The van der Waals surface area contributed by atoms with Crippen molar-refractivity contribution in [2.75, 3.05) is 13.1 Å². The Morgan fingerprint density at radius 1 is 1.11 bits per heavy atom. The molecule has 0 aromatic heterocycles. The molecule has 1 spiro atoms. The maximum Gasteiger partial charge on any atom is 0.231 e. The van der Waals surface area contributed by atoms with Crippen molar-refractivity contribution in [1.82, 2.24) is 4.90 Å². The van der Waals surface area contributed by atoms with Crippen molar-refractivity contribution in [2.24, 2.45) is 29.4 Å². The number of hydrogen-bond donors (Lipinski definition) is 1. The van der Waals surface area contributed by atoms with Gasteiger partial charge >= 0.3 is 0 Å². The first-order valence-electron chi connectivity index (χ1n) is 7.72. The molecule has 1 aliphatic heterocycles. The highest BCUT2D eigenvalue weighted by atomic mass is 16.1. The Kier molecular flexibility index (Phi) is 2.33. The van der Waals surface area contributed by atoms with E-state index in [0.717, 1.165) is 30.2 Å². The lowest BCUT2D eigenvalue weighted by Crippen LogP contribution is -2.64. The lowest BCUT2D eigenvalue weighted by Gasteiger charge is -2.63. The molecular weight excluding hydrogens is 224 g/mol. The summed E-state index contributed by atoms with van der Waals surface area (Å²) in [7, 11) is 0. The van der Waals surface area contributed by atoms with E-state index in [1.807, 2.05) is 0 Å². The topological polar surface area (TPSA) is 46.3 Å². The summed E-state index contributed by atoms with van der Waals surface area (Å²) in [5.41, 5.74) is 5.85. The summed E-state index contributed by atoms with van der Waals surface area (Å²) >= 11 is 0. The van der Waals surface area contributed by atoms with Crippen LogP contribution in [0, 0.1) is 23.7 Å². The molecule has 3 heteroatoms. The molecule has 0 aromatic rings. The molecule has 1 saturated heterocycles. The number of rotatable bonds is 2. The Balaban J connectivity index is 1.67. The molecule has 4 aliphatic carbocycles. The monoisotopic (exact) mass is 248 g/mol. The van der Waals surface area contributed by atoms with Crippen molar-refractivity contribution in [3.05, 3.63) is 0 Å². The number of likely N-dealkylation sites (tertiary alicyclic amines) is 1. The summed E-state index contributed by atoms with van der Waals surface area (Å²) in [5.74, 6) is 3.62. The van der Waals surface area contributed by atoms with Crippen molar-refractivity contribution in [3.8, 4) is 0 Å². The van der Waals surface area contributed by atoms with E-state index in [2.05, 4.69) is 4.90 Å². The molecule has 0 unspecified atom stereocenters. The number of primary amides is 1. The Morgan fingerprint density at radius 2 is 1.72 bits per heavy atom. The molecule has 5 rings (SSSR count). The minimum Gasteiger partial charge on any atom is -0.369 e. The average Bonchev–Trinajstić information content (AvgIpc) is 2.69. The Bertz CT molecular complexity index is 351. The normalized spacial score (nSPS) is 50.2. The van der Waals surface area contributed by atoms with Crippen LogP contribution in [0.15, 0.2) is 0 Å². The fourth-order valence-corrected chi connectivity index (χ4v) is 6.26. The number of nitrogens with two attached hydrogens (primary N) is 1. The van der Waals surface area contributed by atoms with E-state index in [1.165, 1.54) is 44.9 Å². The SMILES string of the molecule is NC(=O)CN1CCCC12C1CC3CC(C1)CC2C3. The molecule has 0 aromatic carbocycles. The molecule has 5 fully saturated rings. The second-order valence-electron chi connectivity index (χ2n) is 7.29. The molecule has 100 valence electrons. The maximum absolute atomic E-state index is 11.4. The van der Waals surface area contributed by atoms with Gasteiger partial charge in [-0.2, -0.15) is 0 Å². The van der Waals surface area contributed by atoms with Gasteiger partial charge in [-0.3, -0.25) is 9.69 Å².